The van der Waals surface area contributed by atoms with Crippen LogP contribution < -0.4 is 10.2 Å². The third kappa shape index (κ3) is 6.89. The Hall–Kier alpha value is -2.82. The molecule has 0 bridgehead atoms. The maximum atomic E-state index is 13.4. The van der Waals surface area contributed by atoms with Crippen molar-refractivity contribution in [2.45, 2.75) is 18.4 Å². The van der Waals surface area contributed by atoms with Crippen LogP contribution in [0, 0.1) is 0 Å². The van der Waals surface area contributed by atoms with Crippen molar-refractivity contribution < 1.29 is 23.1 Å². The molecule has 0 atom stereocenters. The number of amides is 1. The van der Waals surface area contributed by atoms with Crippen LogP contribution >= 0.6 is 34.8 Å². The average molecular weight is 571 g/mol. The third-order valence-electron chi connectivity index (χ3n) is 4.89. The molecule has 0 fully saturated rings. The number of benzene rings is 3. The Labute approximate surface area is 224 Å². The van der Waals surface area contributed by atoms with Gasteiger partial charge in [0.15, 0.2) is 11.5 Å². The normalized spacial score (nSPS) is 11.7. The number of phenolic OH excluding ortho intramolecular Hbond substituents is 1. The molecule has 3 rings (SSSR count). The molecule has 0 saturated heterocycles. The standard InChI is InChI=1S/C24H22Cl3N3O5S/c1-2-35-22-8-3-5-16(24(22)32)13-28-29-23(31)15-30(14-19-20(26)6-4-7-21(19)27)36(33,34)18-11-9-17(25)10-12-18/h3-13,32H,2,14-15H2,1H3,(H,29,31)/b28-13-. The molecule has 2 N–H and O–H groups in total. The summed E-state index contributed by atoms with van der Waals surface area (Å²) < 4.78 is 33.0. The number of rotatable bonds is 10. The number of carbonyl (C=O) groups is 1. The lowest BCUT2D eigenvalue weighted by Gasteiger charge is -2.22. The van der Waals surface area contributed by atoms with Crippen LogP contribution in [0.25, 0.3) is 0 Å². The fourth-order valence-corrected chi connectivity index (χ4v) is 5.13. The lowest BCUT2D eigenvalue weighted by molar-refractivity contribution is -0.121. The Bertz CT molecular complexity index is 1350. The SMILES string of the molecule is CCOc1cccc(/C=N\NC(=O)CN(Cc2c(Cl)cccc2Cl)S(=O)(=O)c2ccc(Cl)cc2)c1O. The number of ether oxygens (including phenoxy) is 1. The van der Waals surface area contributed by atoms with Crippen molar-refractivity contribution in [2.24, 2.45) is 5.10 Å². The number of para-hydroxylation sites is 1. The van der Waals surface area contributed by atoms with Crippen LogP contribution in [0.3, 0.4) is 0 Å². The zero-order valence-corrected chi connectivity index (χ0v) is 22.1. The van der Waals surface area contributed by atoms with E-state index >= 15 is 0 Å². The molecule has 1 amide bonds. The zero-order valence-electron chi connectivity index (χ0n) is 19.0. The van der Waals surface area contributed by atoms with Crippen molar-refractivity contribution in [1.82, 2.24) is 9.73 Å². The molecule has 8 nitrogen and oxygen atoms in total. The van der Waals surface area contributed by atoms with E-state index in [0.717, 1.165) is 4.31 Å². The molecule has 0 aliphatic heterocycles. The van der Waals surface area contributed by atoms with Gasteiger partial charge < -0.3 is 9.84 Å². The van der Waals surface area contributed by atoms with E-state index in [9.17, 15) is 18.3 Å². The summed E-state index contributed by atoms with van der Waals surface area (Å²) >= 11 is 18.4. The number of halogens is 3. The fraction of sp³-hybridized carbons (Fsp3) is 0.167. The highest BCUT2D eigenvalue weighted by molar-refractivity contribution is 7.89. The van der Waals surface area contributed by atoms with Gasteiger partial charge in [-0.15, -0.1) is 0 Å². The van der Waals surface area contributed by atoms with Crippen molar-refractivity contribution in [2.75, 3.05) is 13.2 Å². The molecule has 3 aromatic carbocycles. The first-order valence-electron chi connectivity index (χ1n) is 10.6. The Balaban J connectivity index is 1.83. The topological polar surface area (TPSA) is 108 Å². The number of sulfonamides is 1. The number of carbonyl (C=O) groups excluding carboxylic acids is 1. The number of nitrogens with one attached hydrogen (secondary N) is 1. The molecule has 190 valence electrons. The van der Waals surface area contributed by atoms with E-state index in [0.29, 0.717) is 22.8 Å². The third-order valence-corrected chi connectivity index (χ3v) is 7.66. The van der Waals surface area contributed by atoms with Crippen molar-refractivity contribution in [3.63, 3.8) is 0 Å². The minimum atomic E-state index is -4.15. The molecule has 0 unspecified atom stereocenters. The van der Waals surface area contributed by atoms with Gasteiger partial charge in [0.2, 0.25) is 10.0 Å². The van der Waals surface area contributed by atoms with Gasteiger partial charge in [0.25, 0.3) is 5.91 Å². The highest BCUT2D eigenvalue weighted by Gasteiger charge is 2.28. The lowest BCUT2D eigenvalue weighted by atomic mass is 10.2. The van der Waals surface area contributed by atoms with Gasteiger partial charge in [-0.3, -0.25) is 4.79 Å². The summed E-state index contributed by atoms with van der Waals surface area (Å²) in [6.45, 7) is 1.28. The summed E-state index contributed by atoms with van der Waals surface area (Å²) in [6, 6.07) is 15.1. The fourth-order valence-electron chi connectivity index (χ4n) is 3.13. The van der Waals surface area contributed by atoms with Gasteiger partial charge in [-0.2, -0.15) is 9.41 Å². The molecule has 0 radical (unpaired) electrons. The van der Waals surface area contributed by atoms with Gasteiger partial charge in [0.1, 0.15) is 0 Å². The predicted molar refractivity (Wildman–Crippen MR) is 141 cm³/mol. The average Bonchev–Trinajstić information content (AvgIpc) is 2.83. The maximum absolute atomic E-state index is 13.4. The highest BCUT2D eigenvalue weighted by Crippen LogP contribution is 2.29. The number of hydrazone groups is 1. The van der Waals surface area contributed by atoms with Crippen molar-refractivity contribution in [3.05, 3.63) is 86.9 Å². The van der Waals surface area contributed by atoms with E-state index < -0.39 is 22.5 Å². The summed E-state index contributed by atoms with van der Waals surface area (Å²) in [5.74, 6) is -0.602. The Morgan fingerprint density at radius 2 is 1.69 bits per heavy atom. The quantitative estimate of drug-likeness (QED) is 0.261. The largest absolute Gasteiger partial charge is 0.504 e. The van der Waals surface area contributed by atoms with E-state index in [1.165, 1.54) is 30.5 Å². The lowest BCUT2D eigenvalue weighted by Crippen LogP contribution is -2.39. The van der Waals surface area contributed by atoms with Crippen LogP contribution in [0.4, 0.5) is 0 Å². The Kier molecular flexibility index (Phi) is 9.58. The first-order chi connectivity index (χ1) is 17.1. The minimum absolute atomic E-state index is 0.0657. The van der Waals surface area contributed by atoms with E-state index in [2.05, 4.69) is 10.5 Å². The number of aromatic hydroxyl groups is 1. The Morgan fingerprint density at radius 3 is 2.33 bits per heavy atom. The monoisotopic (exact) mass is 569 g/mol. The molecule has 0 saturated carbocycles. The van der Waals surface area contributed by atoms with E-state index in [1.807, 2.05) is 0 Å². The van der Waals surface area contributed by atoms with E-state index in [1.54, 1.807) is 43.3 Å². The summed E-state index contributed by atoms with van der Waals surface area (Å²) in [4.78, 5) is 12.6. The first-order valence-corrected chi connectivity index (χ1v) is 13.2. The van der Waals surface area contributed by atoms with E-state index in [-0.39, 0.29) is 33.0 Å². The van der Waals surface area contributed by atoms with Gasteiger partial charge in [0, 0.05) is 32.7 Å². The second-order valence-electron chi connectivity index (χ2n) is 7.35. The van der Waals surface area contributed by atoms with Gasteiger partial charge in [-0.05, 0) is 55.5 Å². The van der Waals surface area contributed by atoms with Crippen LogP contribution in [0.2, 0.25) is 15.1 Å². The molecule has 0 aliphatic rings. The van der Waals surface area contributed by atoms with Gasteiger partial charge >= 0.3 is 0 Å². The van der Waals surface area contributed by atoms with Crippen LogP contribution in [-0.2, 0) is 21.4 Å². The summed E-state index contributed by atoms with van der Waals surface area (Å²) in [5.41, 5.74) is 2.91. The van der Waals surface area contributed by atoms with Crippen molar-refractivity contribution >= 4 is 56.9 Å². The molecular weight excluding hydrogens is 549 g/mol. The Morgan fingerprint density at radius 1 is 1.06 bits per heavy atom. The van der Waals surface area contributed by atoms with Crippen molar-refractivity contribution in [3.8, 4) is 11.5 Å². The summed E-state index contributed by atoms with van der Waals surface area (Å²) in [6.07, 6.45) is 1.22. The number of phenols is 1. The summed E-state index contributed by atoms with van der Waals surface area (Å²) in [5, 5.41) is 14.9. The number of nitrogens with zero attached hydrogens (tertiary/aromatic N) is 2. The molecule has 3 aromatic rings. The smallest absolute Gasteiger partial charge is 0.255 e. The second-order valence-corrected chi connectivity index (χ2v) is 10.5. The van der Waals surface area contributed by atoms with Crippen LogP contribution in [-0.4, -0.2) is 43.1 Å². The van der Waals surface area contributed by atoms with Crippen LogP contribution in [0.15, 0.2) is 70.7 Å². The first kappa shape index (κ1) is 27.8. The summed E-state index contributed by atoms with van der Waals surface area (Å²) in [7, 11) is -4.15. The highest BCUT2D eigenvalue weighted by atomic mass is 35.5. The second kappa shape index (κ2) is 12.4. The molecule has 12 heteroatoms. The maximum Gasteiger partial charge on any atom is 0.255 e. The van der Waals surface area contributed by atoms with Gasteiger partial charge in [-0.25, -0.2) is 13.8 Å². The van der Waals surface area contributed by atoms with Crippen LogP contribution in [0.5, 0.6) is 11.5 Å². The minimum Gasteiger partial charge on any atom is -0.504 e. The number of hydrogen-bond acceptors (Lipinski definition) is 6. The number of hydrogen-bond donors (Lipinski definition) is 2. The van der Waals surface area contributed by atoms with E-state index in [4.69, 9.17) is 39.5 Å². The predicted octanol–water partition coefficient (Wildman–Crippen LogP) is 5.09. The van der Waals surface area contributed by atoms with Gasteiger partial charge in [0.05, 0.1) is 24.3 Å². The molecule has 0 aromatic heterocycles. The van der Waals surface area contributed by atoms with Crippen LogP contribution in [0.1, 0.15) is 18.1 Å². The molecule has 36 heavy (non-hydrogen) atoms. The van der Waals surface area contributed by atoms with Gasteiger partial charge in [-0.1, -0.05) is 46.9 Å². The molecular formula is C24H22Cl3N3O5S. The molecule has 0 aliphatic carbocycles. The molecule has 0 heterocycles. The molecule has 0 spiro atoms. The zero-order chi connectivity index (χ0) is 26.3. The van der Waals surface area contributed by atoms with Crippen molar-refractivity contribution in [1.29, 1.82) is 0 Å².